The van der Waals surface area contributed by atoms with E-state index in [9.17, 15) is 13.6 Å². The Morgan fingerprint density at radius 3 is 2.62 bits per heavy atom. The first kappa shape index (κ1) is 19.8. The third-order valence-electron chi connectivity index (χ3n) is 4.83. The van der Waals surface area contributed by atoms with Gasteiger partial charge in [0.2, 0.25) is 0 Å². The lowest BCUT2D eigenvalue weighted by atomic mass is 10.1. The van der Waals surface area contributed by atoms with Crippen molar-refractivity contribution in [2.24, 2.45) is 0 Å². The van der Waals surface area contributed by atoms with Gasteiger partial charge < -0.3 is 9.88 Å². The molecule has 0 unspecified atom stereocenters. The molecule has 0 spiro atoms. The fourth-order valence-electron chi connectivity index (χ4n) is 3.35. The van der Waals surface area contributed by atoms with E-state index in [1.165, 1.54) is 0 Å². The predicted molar refractivity (Wildman–Crippen MR) is 107 cm³/mol. The third kappa shape index (κ3) is 3.97. The second-order valence-corrected chi connectivity index (χ2v) is 7.61. The number of carbonyl (C=O) groups excluding carboxylic acids is 1. The van der Waals surface area contributed by atoms with E-state index < -0.39 is 17.5 Å². The molecule has 29 heavy (non-hydrogen) atoms. The molecule has 0 saturated heterocycles. The largest absolute Gasteiger partial charge is 0.322 e. The number of amides is 1. The van der Waals surface area contributed by atoms with E-state index in [2.05, 4.69) is 15.5 Å². The molecule has 4 rings (SSSR count). The van der Waals surface area contributed by atoms with Crippen molar-refractivity contribution in [3.63, 3.8) is 0 Å². The number of aryl methyl sites for hydroxylation is 1. The van der Waals surface area contributed by atoms with Crippen LogP contribution in [0.5, 0.6) is 0 Å². The highest BCUT2D eigenvalue weighted by molar-refractivity contribution is 6.34. The summed E-state index contributed by atoms with van der Waals surface area (Å²) in [7, 11) is 0. The van der Waals surface area contributed by atoms with Crippen LogP contribution in [0.2, 0.25) is 10.0 Å². The van der Waals surface area contributed by atoms with E-state index in [0.29, 0.717) is 22.1 Å². The smallest absolute Gasteiger partial charge is 0.257 e. The van der Waals surface area contributed by atoms with E-state index >= 15 is 0 Å². The van der Waals surface area contributed by atoms with Gasteiger partial charge in [0.1, 0.15) is 5.82 Å². The second-order valence-electron chi connectivity index (χ2n) is 6.80. The van der Waals surface area contributed by atoms with Gasteiger partial charge >= 0.3 is 0 Å². The van der Waals surface area contributed by atoms with Crippen molar-refractivity contribution < 1.29 is 13.6 Å². The number of rotatable bonds is 3. The Bertz CT molecular complexity index is 1100. The van der Waals surface area contributed by atoms with E-state index in [1.54, 1.807) is 18.2 Å². The molecule has 2 heterocycles. The molecule has 0 atom stereocenters. The predicted octanol–water partition coefficient (Wildman–Crippen LogP) is 5.51. The van der Waals surface area contributed by atoms with Gasteiger partial charge in [-0.05, 0) is 43.2 Å². The third-order valence-corrected chi connectivity index (χ3v) is 5.47. The molecule has 2 aromatic carbocycles. The lowest BCUT2D eigenvalue weighted by Gasteiger charge is -2.12. The molecular weight excluding hydrogens is 421 g/mol. The van der Waals surface area contributed by atoms with Crippen LogP contribution in [0.25, 0.3) is 11.4 Å². The van der Waals surface area contributed by atoms with Gasteiger partial charge in [-0.1, -0.05) is 29.6 Å². The molecule has 0 aliphatic carbocycles. The Morgan fingerprint density at radius 1 is 1.00 bits per heavy atom. The first-order chi connectivity index (χ1) is 13.9. The lowest BCUT2D eigenvalue weighted by Crippen LogP contribution is -2.13. The van der Waals surface area contributed by atoms with E-state index in [4.69, 9.17) is 23.2 Å². The molecule has 0 bridgehead atoms. The van der Waals surface area contributed by atoms with Gasteiger partial charge in [-0.25, -0.2) is 8.78 Å². The molecule has 1 N–H and O–H groups in total. The summed E-state index contributed by atoms with van der Waals surface area (Å²) in [5.74, 6) is -1.39. The highest BCUT2D eigenvalue weighted by Crippen LogP contribution is 2.32. The van der Waals surface area contributed by atoms with E-state index in [1.807, 2.05) is 4.57 Å². The van der Waals surface area contributed by atoms with Crippen molar-refractivity contribution in [1.29, 1.82) is 0 Å². The van der Waals surface area contributed by atoms with Crippen molar-refractivity contribution in [1.82, 2.24) is 14.8 Å². The van der Waals surface area contributed by atoms with E-state index in [-0.39, 0.29) is 10.6 Å². The van der Waals surface area contributed by atoms with Gasteiger partial charge in [0.05, 0.1) is 15.6 Å². The Hall–Kier alpha value is -2.51. The molecule has 1 aliphatic heterocycles. The van der Waals surface area contributed by atoms with E-state index in [0.717, 1.165) is 50.2 Å². The van der Waals surface area contributed by atoms with Gasteiger partial charge in [0.25, 0.3) is 5.91 Å². The molecule has 150 valence electrons. The molecular formula is C20H16Cl2F2N4O. The summed E-state index contributed by atoms with van der Waals surface area (Å²) in [5.41, 5.74) is 0.876. The van der Waals surface area contributed by atoms with Crippen molar-refractivity contribution in [3.8, 4) is 11.4 Å². The summed E-state index contributed by atoms with van der Waals surface area (Å²) in [6.07, 6.45) is 4.08. The second kappa shape index (κ2) is 8.08. The number of hydrogen-bond donors (Lipinski definition) is 1. The maximum Gasteiger partial charge on any atom is 0.257 e. The molecule has 1 aliphatic rings. The monoisotopic (exact) mass is 436 g/mol. The minimum absolute atomic E-state index is 0.168. The maximum absolute atomic E-state index is 13.5. The first-order valence-electron chi connectivity index (χ1n) is 9.12. The topological polar surface area (TPSA) is 59.8 Å². The molecule has 5 nitrogen and oxygen atoms in total. The van der Waals surface area contributed by atoms with Gasteiger partial charge in [0.15, 0.2) is 17.5 Å². The summed E-state index contributed by atoms with van der Waals surface area (Å²) < 4.78 is 28.8. The Morgan fingerprint density at radius 2 is 1.79 bits per heavy atom. The fraction of sp³-hybridized carbons (Fsp3) is 0.250. The van der Waals surface area contributed by atoms with Crippen LogP contribution in [-0.2, 0) is 13.0 Å². The summed E-state index contributed by atoms with van der Waals surface area (Å²) >= 11 is 12.3. The number of halogens is 4. The van der Waals surface area contributed by atoms with Gasteiger partial charge in [-0.3, -0.25) is 4.79 Å². The molecule has 0 saturated carbocycles. The minimum atomic E-state index is -1.15. The summed E-state index contributed by atoms with van der Waals surface area (Å²) in [5, 5.41) is 11.5. The number of nitrogens with one attached hydrogen (secondary N) is 1. The minimum Gasteiger partial charge on any atom is -0.322 e. The van der Waals surface area contributed by atoms with Crippen LogP contribution in [0.1, 0.15) is 35.4 Å². The van der Waals surface area contributed by atoms with Crippen LogP contribution < -0.4 is 5.32 Å². The van der Waals surface area contributed by atoms with Gasteiger partial charge in [-0.2, -0.15) is 0 Å². The van der Waals surface area contributed by atoms with Crippen LogP contribution in [0.3, 0.4) is 0 Å². The van der Waals surface area contributed by atoms with Crippen LogP contribution >= 0.6 is 23.2 Å². The van der Waals surface area contributed by atoms with Crippen LogP contribution in [0, 0.1) is 11.6 Å². The Kier molecular flexibility index (Phi) is 5.52. The maximum atomic E-state index is 13.5. The lowest BCUT2D eigenvalue weighted by molar-refractivity contribution is 0.102. The number of carbonyl (C=O) groups is 1. The molecule has 0 radical (unpaired) electrons. The quantitative estimate of drug-likeness (QED) is 0.550. The molecule has 1 amide bonds. The average molecular weight is 437 g/mol. The number of nitrogens with zero attached hydrogens (tertiary/aromatic N) is 3. The molecule has 9 heteroatoms. The first-order valence-corrected chi connectivity index (χ1v) is 9.87. The SMILES string of the molecule is O=C(Nc1ccc(Cl)c(-c2nnc3n2CCCCC3)c1)c1cc(F)c(F)cc1Cl. The van der Waals surface area contributed by atoms with Crippen LogP contribution in [-0.4, -0.2) is 20.7 Å². The number of hydrogen-bond acceptors (Lipinski definition) is 3. The van der Waals surface area contributed by atoms with Crippen LogP contribution in [0.4, 0.5) is 14.5 Å². The zero-order valence-corrected chi connectivity index (χ0v) is 16.7. The van der Waals surface area contributed by atoms with Crippen molar-refractivity contribution in [2.45, 2.75) is 32.2 Å². The normalized spacial score (nSPS) is 13.7. The number of aromatic nitrogens is 3. The molecule has 0 fully saturated rings. The number of anilines is 1. The fourth-order valence-corrected chi connectivity index (χ4v) is 3.79. The summed E-state index contributed by atoms with van der Waals surface area (Å²) in [4.78, 5) is 12.5. The molecule has 1 aromatic heterocycles. The number of benzene rings is 2. The zero-order valence-electron chi connectivity index (χ0n) is 15.2. The van der Waals surface area contributed by atoms with Crippen molar-refractivity contribution in [3.05, 3.63) is 63.4 Å². The highest BCUT2D eigenvalue weighted by Gasteiger charge is 2.20. The Labute approximate surface area is 175 Å². The van der Waals surface area contributed by atoms with Gasteiger partial charge in [0, 0.05) is 24.2 Å². The van der Waals surface area contributed by atoms with Gasteiger partial charge in [-0.15, -0.1) is 10.2 Å². The van der Waals surface area contributed by atoms with Crippen molar-refractivity contribution in [2.75, 3.05) is 5.32 Å². The summed E-state index contributed by atoms with van der Waals surface area (Å²) in [6.45, 7) is 0.801. The molecule has 3 aromatic rings. The average Bonchev–Trinajstić information content (AvgIpc) is 2.93. The zero-order chi connectivity index (χ0) is 20.5. The Balaban J connectivity index is 1.65. The summed E-state index contributed by atoms with van der Waals surface area (Å²) in [6, 6.07) is 6.46. The highest BCUT2D eigenvalue weighted by atomic mass is 35.5. The van der Waals surface area contributed by atoms with Crippen LogP contribution in [0.15, 0.2) is 30.3 Å². The standard InChI is InChI=1S/C20H16Cl2F2N4O/c21-14-6-5-11(25-20(29)13-9-16(23)17(24)10-15(13)22)8-12(14)19-27-26-18-4-2-1-3-7-28(18)19/h5-6,8-10H,1-4,7H2,(H,25,29). The van der Waals surface area contributed by atoms with Crippen molar-refractivity contribution >= 4 is 34.8 Å². The number of fused-ring (bicyclic) bond motifs is 1.